The normalized spacial score (nSPS) is 15.8. The zero-order valence-corrected chi connectivity index (χ0v) is 15.5. The lowest BCUT2D eigenvalue weighted by Crippen LogP contribution is -2.34. The molecule has 24 heavy (non-hydrogen) atoms. The summed E-state index contributed by atoms with van der Waals surface area (Å²) in [6.45, 7) is -0.419. The summed E-state index contributed by atoms with van der Waals surface area (Å²) in [7, 11) is 4.17. The van der Waals surface area contributed by atoms with Crippen molar-refractivity contribution < 1.29 is 28.6 Å². The lowest BCUT2D eigenvalue weighted by atomic mass is 10.1. The number of carbonyl (C=O) groups is 3. The smallest absolute Gasteiger partial charge is 0.325 e. The predicted molar refractivity (Wildman–Crippen MR) is 91.9 cm³/mol. The van der Waals surface area contributed by atoms with Crippen molar-refractivity contribution in [2.24, 2.45) is 0 Å². The fourth-order valence-corrected chi connectivity index (χ4v) is 3.32. The highest BCUT2D eigenvalue weighted by Gasteiger charge is 2.36. The predicted octanol–water partition coefficient (Wildman–Crippen LogP) is 2.68. The van der Waals surface area contributed by atoms with E-state index in [0.29, 0.717) is 17.1 Å². The third-order valence-corrected chi connectivity index (χ3v) is 4.51. The van der Waals surface area contributed by atoms with Crippen LogP contribution in [0.1, 0.15) is 5.56 Å². The summed E-state index contributed by atoms with van der Waals surface area (Å²) >= 11 is 4.10. The molecule has 0 N–H and O–H groups in total. The second kappa shape index (κ2) is 7.71. The molecule has 0 unspecified atom stereocenters. The van der Waals surface area contributed by atoms with Crippen molar-refractivity contribution >= 4 is 50.9 Å². The Morgan fingerprint density at radius 1 is 1.25 bits per heavy atom. The van der Waals surface area contributed by atoms with E-state index in [1.165, 1.54) is 27.4 Å². The van der Waals surface area contributed by atoms with Crippen molar-refractivity contribution in [1.82, 2.24) is 4.90 Å². The molecule has 1 fully saturated rings. The summed E-state index contributed by atoms with van der Waals surface area (Å²) in [5, 5.41) is -0.530. The largest absolute Gasteiger partial charge is 0.493 e. The maximum Gasteiger partial charge on any atom is 0.325 e. The Labute approximate surface area is 151 Å². The van der Waals surface area contributed by atoms with Gasteiger partial charge in [0.15, 0.2) is 11.5 Å². The number of rotatable bonds is 5. The molecule has 0 aromatic heterocycles. The molecule has 9 heteroatoms. The molecule has 1 aliphatic rings. The number of thioether (sulfide) groups is 1. The third kappa shape index (κ3) is 3.73. The lowest BCUT2D eigenvalue weighted by molar-refractivity contribution is -0.143. The standard InChI is InChI=1S/C15H14BrNO6S/c1-21-10-6-9(16)4-8(13(10)23-3)5-11-14(19)17(15(20)24-11)7-12(18)22-2/h4-6H,7H2,1-3H3/b11-5+. The van der Waals surface area contributed by atoms with E-state index in [2.05, 4.69) is 20.7 Å². The van der Waals surface area contributed by atoms with Crippen molar-refractivity contribution in [1.29, 1.82) is 0 Å². The van der Waals surface area contributed by atoms with E-state index in [0.717, 1.165) is 21.1 Å². The maximum absolute atomic E-state index is 12.3. The van der Waals surface area contributed by atoms with E-state index >= 15 is 0 Å². The van der Waals surface area contributed by atoms with Crippen LogP contribution >= 0.6 is 27.7 Å². The molecule has 1 aromatic rings. The fourth-order valence-electron chi connectivity index (χ4n) is 2.04. The Morgan fingerprint density at radius 2 is 1.96 bits per heavy atom. The number of hydrogen-bond donors (Lipinski definition) is 0. The van der Waals surface area contributed by atoms with Gasteiger partial charge in [0.1, 0.15) is 6.54 Å². The van der Waals surface area contributed by atoms with Gasteiger partial charge >= 0.3 is 5.97 Å². The molecule has 1 aromatic carbocycles. The molecule has 0 radical (unpaired) electrons. The average Bonchev–Trinajstić information content (AvgIpc) is 2.81. The van der Waals surface area contributed by atoms with Crippen LogP contribution < -0.4 is 9.47 Å². The van der Waals surface area contributed by atoms with E-state index < -0.39 is 23.7 Å². The topological polar surface area (TPSA) is 82.1 Å². The molecule has 1 aliphatic heterocycles. The van der Waals surface area contributed by atoms with Gasteiger partial charge in [0.05, 0.1) is 26.2 Å². The Hall–Kier alpha value is -2.00. The number of carbonyl (C=O) groups excluding carboxylic acids is 3. The first-order chi connectivity index (χ1) is 11.4. The number of imide groups is 1. The summed E-state index contributed by atoms with van der Waals surface area (Å²) < 4.78 is 15.8. The van der Waals surface area contributed by atoms with Crippen LogP contribution in [0.25, 0.3) is 6.08 Å². The molecule has 0 atom stereocenters. The van der Waals surface area contributed by atoms with Crippen LogP contribution in [0.4, 0.5) is 4.79 Å². The second-order valence-electron chi connectivity index (χ2n) is 4.57. The van der Waals surface area contributed by atoms with Crippen molar-refractivity contribution in [3.05, 3.63) is 27.1 Å². The zero-order valence-electron chi connectivity index (χ0n) is 13.1. The van der Waals surface area contributed by atoms with Gasteiger partial charge in [-0.2, -0.15) is 0 Å². The molecule has 0 bridgehead atoms. The number of nitrogens with zero attached hydrogens (tertiary/aromatic N) is 1. The van der Waals surface area contributed by atoms with E-state index in [9.17, 15) is 14.4 Å². The molecule has 7 nitrogen and oxygen atoms in total. The van der Waals surface area contributed by atoms with Gasteiger partial charge in [-0.3, -0.25) is 19.3 Å². The number of benzene rings is 1. The first-order valence-electron chi connectivity index (χ1n) is 6.65. The number of halogens is 1. The van der Waals surface area contributed by atoms with Gasteiger partial charge in [0, 0.05) is 10.0 Å². The molecule has 128 valence electrons. The minimum absolute atomic E-state index is 0.183. The minimum Gasteiger partial charge on any atom is -0.493 e. The maximum atomic E-state index is 12.3. The SMILES string of the molecule is COC(=O)CN1C(=O)S/C(=C/c2cc(Br)cc(OC)c2OC)C1=O. The van der Waals surface area contributed by atoms with E-state index in [4.69, 9.17) is 9.47 Å². The van der Waals surface area contributed by atoms with Crippen LogP contribution in [0.5, 0.6) is 11.5 Å². The number of ether oxygens (including phenoxy) is 3. The summed E-state index contributed by atoms with van der Waals surface area (Å²) in [6.07, 6.45) is 1.52. The van der Waals surface area contributed by atoms with E-state index in [1.54, 1.807) is 12.1 Å². The van der Waals surface area contributed by atoms with Crippen molar-refractivity contribution in [2.45, 2.75) is 0 Å². The Morgan fingerprint density at radius 3 is 2.54 bits per heavy atom. The lowest BCUT2D eigenvalue weighted by Gasteiger charge is -2.12. The molecule has 0 spiro atoms. The highest BCUT2D eigenvalue weighted by Crippen LogP contribution is 2.39. The van der Waals surface area contributed by atoms with Crippen LogP contribution in [0.2, 0.25) is 0 Å². The van der Waals surface area contributed by atoms with Crippen LogP contribution in [-0.4, -0.2) is 49.9 Å². The number of esters is 1. The van der Waals surface area contributed by atoms with Gasteiger partial charge in [-0.05, 0) is 30.0 Å². The molecule has 1 heterocycles. The number of amides is 2. The molecule has 2 rings (SSSR count). The van der Waals surface area contributed by atoms with Crippen molar-refractivity contribution in [2.75, 3.05) is 27.9 Å². The van der Waals surface area contributed by atoms with Crippen LogP contribution in [0, 0.1) is 0 Å². The van der Waals surface area contributed by atoms with Crippen molar-refractivity contribution in [3.8, 4) is 11.5 Å². The first kappa shape index (κ1) is 18.3. The molecular weight excluding hydrogens is 402 g/mol. The highest BCUT2D eigenvalue weighted by molar-refractivity contribution is 9.10. The molecule has 1 saturated heterocycles. The molecule has 0 aliphatic carbocycles. The molecule has 2 amide bonds. The second-order valence-corrected chi connectivity index (χ2v) is 6.48. The molecular formula is C15H14BrNO6S. The van der Waals surface area contributed by atoms with Gasteiger partial charge in [-0.1, -0.05) is 15.9 Å². The summed E-state index contributed by atoms with van der Waals surface area (Å²) in [5.41, 5.74) is 0.562. The Bertz CT molecular complexity index is 733. The Kier molecular flexibility index (Phi) is 5.89. The zero-order chi connectivity index (χ0) is 17.9. The summed E-state index contributed by atoms with van der Waals surface area (Å²) in [6, 6.07) is 3.45. The van der Waals surface area contributed by atoms with Crippen LogP contribution in [-0.2, 0) is 14.3 Å². The first-order valence-corrected chi connectivity index (χ1v) is 8.26. The third-order valence-electron chi connectivity index (χ3n) is 3.15. The van der Waals surface area contributed by atoms with E-state index in [1.807, 2.05) is 0 Å². The van der Waals surface area contributed by atoms with Gasteiger partial charge in [0.2, 0.25) is 0 Å². The van der Waals surface area contributed by atoms with Crippen LogP contribution in [0.15, 0.2) is 21.5 Å². The van der Waals surface area contributed by atoms with Gasteiger partial charge in [0.25, 0.3) is 11.1 Å². The average molecular weight is 416 g/mol. The number of hydrogen-bond acceptors (Lipinski definition) is 7. The summed E-state index contributed by atoms with van der Waals surface area (Å²) in [4.78, 5) is 36.6. The van der Waals surface area contributed by atoms with E-state index in [-0.39, 0.29) is 4.91 Å². The number of methoxy groups -OCH3 is 3. The van der Waals surface area contributed by atoms with Gasteiger partial charge in [-0.15, -0.1) is 0 Å². The minimum atomic E-state index is -0.666. The summed E-state index contributed by atoms with van der Waals surface area (Å²) in [5.74, 6) is -0.316. The van der Waals surface area contributed by atoms with Gasteiger partial charge < -0.3 is 14.2 Å². The fraction of sp³-hybridized carbons (Fsp3) is 0.267. The molecule has 0 saturated carbocycles. The quantitative estimate of drug-likeness (QED) is 0.539. The van der Waals surface area contributed by atoms with Crippen LogP contribution in [0.3, 0.4) is 0 Å². The van der Waals surface area contributed by atoms with Gasteiger partial charge in [-0.25, -0.2) is 0 Å². The monoisotopic (exact) mass is 415 g/mol. The highest BCUT2D eigenvalue weighted by atomic mass is 79.9. The van der Waals surface area contributed by atoms with Crippen molar-refractivity contribution in [3.63, 3.8) is 0 Å². The Balaban J connectivity index is 2.39.